The predicted octanol–water partition coefficient (Wildman–Crippen LogP) is -0.487. The molecular weight excluding hydrogens is 204 g/mol. The lowest BCUT2D eigenvalue weighted by atomic mass is 10.1. The van der Waals surface area contributed by atoms with Crippen LogP contribution in [-0.2, 0) is 10.2 Å². The molecule has 0 saturated heterocycles. The molecule has 0 fully saturated rings. The molecule has 78 valence electrons. The second-order valence-corrected chi connectivity index (χ2v) is 4.13. The van der Waals surface area contributed by atoms with E-state index in [9.17, 15) is 8.42 Å². The van der Waals surface area contributed by atoms with E-state index < -0.39 is 16.3 Å². The van der Waals surface area contributed by atoms with E-state index in [-0.39, 0.29) is 6.61 Å². The summed E-state index contributed by atoms with van der Waals surface area (Å²) < 4.78 is 23.6. The summed E-state index contributed by atoms with van der Waals surface area (Å²) in [5.41, 5.74) is 0.670. The molecule has 0 aliphatic carbocycles. The van der Waals surface area contributed by atoms with Crippen LogP contribution in [0.3, 0.4) is 0 Å². The molecule has 1 aromatic rings. The Balaban J connectivity index is 2.84. The van der Waals surface area contributed by atoms with Crippen LogP contribution >= 0.6 is 0 Å². The Morgan fingerprint density at radius 1 is 1.36 bits per heavy atom. The van der Waals surface area contributed by atoms with Gasteiger partial charge in [-0.1, -0.05) is 30.3 Å². The Bertz CT molecular complexity index is 377. The standard InChI is InChI=1S/C8H12N2O3S/c9-14(12,13)10-8(6-11)7-4-2-1-3-5-7/h1-5,8,10-11H,6H2,(H2,9,12,13)/t8-/m0/s1. The van der Waals surface area contributed by atoms with E-state index in [0.717, 1.165) is 0 Å². The summed E-state index contributed by atoms with van der Waals surface area (Å²) in [6.45, 7) is -0.333. The number of hydrogen-bond donors (Lipinski definition) is 3. The zero-order valence-electron chi connectivity index (χ0n) is 7.42. The third kappa shape index (κ3) is 3.43. The Kier molecular flexibility index (Phi) is 3.59. The van der Waals surface area contributed by atoms with Crippen LogP contribution in [-0.4, -0.2) is 20.1 Å². The fraction of sp³-hybridized carbons (Fsp3) is 0.250. The highest BCUT2D eigenvalue weighted by Crippen LogP contribution is 2.11. The topological polar surface area (TPSA) is 92.4 Å². The normalized spacial score (nSPS) is 13.9. The monoisotopic (exact) mass is 216 g/mol. The minimum absolute atomic E-state index is 0.333. The van der Waals surface area contributed by atoms with Crippen molar-refractivity contribution in [2.24, 2.45) is 5.14 Å². The number of nitrogens with one attached hydrogen (secondary N) is 1. The van der Waals surface area contributed by atoms with Crippen LogP contribution in [0.2, 0.25) is 0 Å². The third-order valence-electron chi connectivity index (χ3n) is 1.69. The number of aliphatic hydroxyl groups excluding tert-OH is 1. The van der Waals surface area contributed by atoms with Crippen LogP contribution in [0.25, 0.3) is 0 Å². The first-order valence-electron chi connectivity index (χ1n) is 3.99. The van der Waals surface area contributed by atoms with Crippen molar-refractivity contribution in [1.82, 2.24) is 4.72 Å². The molecule has 1 rings (SSSR count). The van der Waals surface area contributed by atoms with Crippen molar-refractivity contribution in [3.63, 3.8) is 0 Å². The van der Waals surface area contributed by atoms with Gasteiger partial charge in [0, 0.05) is 0 Å². The van der Waals surface area contributed by atoms with Crippen LogP contribution < -0.4 is 9.86 Å². The molecule has 6 heteroatoms. The lowest BCUT2D eigenvalue weighted by Crippen LogP contribution is -2.35. The fourth-order valence-electron chi connectivity index (χ4n) is 1.09. The summed E-state index contributed by atoms with van der Waals surface area (Å²) in [7, 11) is -3.79. The smallest absolute Gasteiger partial charge is 0.275 e. The van der Waals surface area contributed by atoms with Gasteiger partial charge < -0.3 is 5.11 Å². The highest BCUT2D eigenvalue weighted by atomic mass is 32.2. The highest BCUT2D eigenvalue weighted by molar-refractivity contribution is 7.87. The molecule has 0 amide bonds. The molecule has 1 atom stereocenters. The number of nitrogens with two attached hydrogens (primary N) is 1. The van der Waals surface area contributed by atoms with E-state index in [1.807, 2.05) is 0 Å². The van der Waals surface area contributed by atoms with Crippen molar-refractivity contribution in [3.8, 4) is 0 Å². The lowest BCUT2D eigenvalue weighted by Gasteiger charge is -2.14. The Morgan fingerprint density at radius 2 is 1.93 bits per heavy atom. The van der Waals surface area contributed by atoms with E-state index in [1.54, 1.807) is 30.3 Å². The van der Waals surface area contributed by atoms with Gasteiger partial charge in [-0.3, -0.25) is 0 Å². The quantitative estimate of drug-likeness (QED) is 0.634. The summed E-state index contributed by atoms with van der Waals surface area (Å²) >= 11 is 0. The van der Waals surface area contributed by atoms with Gasteiger partial charge in [0.2, 0.25) is 0 Å². The number of rotatable bonds is 4. The summed E-state index contributed by atoms with van der Waals surface area (Å²) in [5, 5.41) is 13.8. The highest BCUT2D eigenvalue weighted by Gasteiger charge is 2.14. The number of hydrogen-bond acceptors (Lipinski definition) is 3. The van der Waals surface area contributed by atoms with E-state index in [0.29, 0.717) is 5.56 Å². The van der Waals surface area contributed by atoms with E-state index in [2.05, 4.69) is 4.72 Å². The Morgan fingerprint density at radius 3 is 2.36 bits per heavy atom. The summed E-state index contributed by atoms with van der Waals surface area (Å²) in [4.78, 5) is 0. The molecule has 0 radical (unpaired) electrons. The Labute approximate surface area is 82.7 Å². The second-order valence-electron chi connectivity index (χ2n) is 2.81. The second kappa shape index (κ2) is 4.52. The largest absolute Gasteiger partial charge is 0.394 e. The van der Waals surface area contributed by atoms with Gasteiger partial charge in [-0.2, -0.15) is 13.1 Å². The third-order valence-corrected chi connectivity index (χ3v) is 2.30. The van der Waals surface area contributed by atoms with E-state index in [4.69, 9.17) is 10.2 Å². The van der Waals surface area contributed by atoms with Crippen molar-refractivity contribution in [2.45, 2.75) is 6.04 Å². The van der Waals surface area contributed by atoms with Crippen molar-refractivity contribution < 1.29 is 13.5 Å². The minimum atomic E-state index is -3.79. The van der Waals surface area contributed by atoms with Crippen molar-refractivity contribution in [1.29, 1.82) is 0 Å². The average Bonchev–Trinajstić information content (AvgIpc) is 2.14. The molecule has 0 unspecified atom stereocenters. The van der Waals surface area contributed by atoms with Crippen molar-refractivity contribution >= 4 is 10.2 Å². The van der Waals surface area contributed by atoms with Gasteiger partial charge >= 0.3 is 0 Å². The lowest BCUT2D eigenvalue weighted by molar-refractivity contribution is 0.259. The van der Waals surface area contributed by atoms with Crippen LogP contribution in [0, 0.1) is 0 Å². The first-order chi connectivity index (χ1) is 6.53. The molecule has 14 heavy (non-hydrogen) atoms. The first-order valence-corrected chi connectivity index (χ1v) is 5.53. The zero-order valence-corrected chi connectivity index (χ0v) is 8.24. The predicted molar refractivity (Wildman–Crippen MR) is 52.5 cm³/mol. The van der Waals surface area contributed by atoms with Crippen LogP contribution in [0.15, 0.2) is 30.3 Å². The maximum atomic E-state index is 10.7. The molecule has 0 bridgehead atoms. The first kappa shape index (κ1) is 11.1. The maximum Gasteiger partial charge on any atom is 0.275 e. The van der Waals surface area contributed by atoms with E-state index >= 15 is 0 Å². The van der Waals surface area contributed by atoms with Gasteiger partial charge in [0.05, 0.1) is 12.6 Å². The molecule has 1 aromatic carbocycles. The van der Waals surface area contributed by atoms with Gasteiger partial charge in [0.25, 0.3) is 10.2 Å². The number of benzene rings is 1. The molecule has 0 saturated carbocycles. The van der Waals surface area contributed by atoms with Crippen LogP contribution in [0.4, 0.5) is 0 Å². The van der Waals surface area contributed by atoms with E-state index in [1.165, 1.54) is 0 Å². The summed E-state index contributed by atoms with van der Waals surface area (Å²) in [6.07, 6.45) is 0. The molecular formula is C8H12N2O3S. The van der Waals surface area contributed by atoms with Gasteiger partial charge in [-0.25, -0.2) is 5.14 Å². The summed E-state index contributed by atoms with van der Waals surface area (Å²) in [5.74, 6) is 0. The average molecular weight is 216 g/mol. The Hall–Kier alpha value is -0.950. The van der Waals surface area contributed by atoms with Gasteiger partial charge in [-0.15, -0.1) is 0 Å². The number of aliphatic hydroxyl groups is 1. The maximum absolute atomic E-state index is 10.7. The van der Waals surface area contributed by atoms with Crippen molar-refractivity contribution in [2.75, 3.05) is 6.61 Å². The molecule has 0 aliphatic heterocycles. The molecule has 0 heterocycles. The van der Waals surface area contributed by atoms with Crippen LogP contribution in [0.1, 0.15) is 11.6 Å². The zero-order chi connectivity index (χ0) is 10.6. The van der Waals surface area contributed by atoms with Gasteiger partial charge in [0.15, 0.2) is 0 Å². The summed E-state index contributed by atoms with van der Waals surface area (Å²) in [6, 6.07) is 8.03. The molecule has 0 aliphatic rings. The van der Waals surface area contributed by atoms with Gasteiger partial charge in [0.1, 0.15) is 0 Å². The molecule has 4 N–H and O–H groups in total. The van der Waals surface area contributed by atoms with Gasteiger partial charge in [-0.05, 0) is 5.56 Å². The van der Waals surface area contributed by atoms with Crippen molar-refractivity contribution in [3.05, 3.63) is 35.9 Å². The molecule has 0 aromatic heterocycles. The fourth-order valence-corrected chi connectivity index (χ4v) is 1.70. The minimum Gasteiger partial charge on any atom is -0.394 e. The molecule has 5 nitrogen and oxygen atoms in total. The SMILES string of the molecule is NS(=O)(=O)N[C@@H](CO)c1ccccc1. The molecule has 0 spiro atoms. The van der Waals surface area contributed by atoms with Crippen LogP contribution in [0.5, 0.6) is 0 Å².